The quantitative estimate of drug-likeness (QED) is 0.714. The van der Waals surface area contributed by atoms with Gasteiger partial charge in [0.2, 0.25) is 0 Å². The highest BCUT2D eigenvalue weighted by molar-refractivity contribution is 5.42. The smallest absolute Gasteiger partial charge is 0.117 e. The maximum atomic E-state index is 11.8. The van der Waals surface area contributed by atoms with E-state index in [1.807, 2.05) is 30.3 Å². The first kappa shape index (κ1) is 9.00. The molecular weight excluding hydrogens is 157 g/mol. The summed E-state index contributed by atoms with van der Waals surface area (Å²) in [6.45, 7) is -0.458. The number of alkyl halides is 1. The fourth-order valence-corrected chi connectivity index (χ4v) is 0.846. The molecule has 0 heterocycles. The first-order valence-corrected chi connectivity index (χ1v) is 3.86. The average Bonchev–Trinajstić information content (AvgIpc) is 2.16. The number of hydrogen-bond acceptors (Lipinski definition) is 2. The highest BCUT2D eigenvalue weighted by atomic mass is 19.1. The molecule has 0 fully saturated rings. The zero-order valence-corrected chi connectivity index (χ0v) is 6.70. The third-order valence-electron chi connectivity index (χ3n) is 1.49. The Balaban J connectivity index is 2.33. The van der Waals surface area contributed by atoms with Crippen molar-refractivity contribution in [1.82, 2.24) is 0 Å². The topological polar surface area (TPSA) is 32.3 Å². The molecule has 1 aromatic rings. The zero-order valence-electron chi connectivity index (χ0n) is 6.70. The van der Waals surface area contributed by atoms with Crippen LogP contribution >= 0.6 is 0 Å². The van der Waals surface area contributed by atoms with Crippen LogP contribution in [0.3, 0.4) is 0 Å². The summed E-state index contributed by atoms with van der Waals surface area (Å²) in [5.74, 6) is 0. The van der Waals surface area contributed by atoms with E-state index in [0.29, 0.717) is 0 Å². The lowest BCUT2D eigenvalue weighted by Crippen LogP contribution is -2.20. The summed E-state index contributed by atoms with van der Waals surface area (Å²) in [6, 6.07) is 9.39. The number of para-hydroxylation sites is 1. The largest absolute Gasteiger partial charge is 0.389 e. The summed E-state index contributed by atoms with van der Waals surface area (Å²) in [6.07, 6.45) is -0.912. The normalized spacial score (nSPS) is 12.5. The van der Waals surface area contributed by atoms with Crippen LogP contribution in [0, 0.1) is 0 Å². The number of aliphatic hydroxyl groups is 1. The van der Waals surface area contributed by atoms with Crippen LogP contribution in [0.15, 0.2) is 30.3 Å². The van der Waals surface area contributed by atoms with E-state index in [9.17, 15) is 4.39 Å². The predicted molar refractivity (Wildman–Crippen MR) is 46.9 cm³/mol. The van der Waals surface area contributed by atoms with Crippen molar-refractivity contribution >= 4 is 5.69 Å². The second kappa shape index (κ2) is 4.72. The standard InChI is InChI=1S/C9H12FNO/c10-6-9(12)7-11-8-4-2-1-3-5-8/h1-5,9,11-12H,6-7H2. The van der Waals surface area contributed by atoms with E-state index in [4.69, 9.17) is 5.11 Å². The minimum atomic E-state index is -0.912. The summed E-state index contributed by atoms with van der Waals surface area (Å²) in [5, 5.41) is 11.8. The van der Waals surface area contributed by atoms with Crippen LogP contribution < -0.4 is 5.32 Å². The van der Waals surface area contributed by atoms with Gasteiger partial charge in [-0.25, -0.2) is 4.39 Å². The summed E-state index contributed by atoms with van der Waals surface area (Å²) >= 11 is 0. The van der Waals surface area contributed by atoms with E-state index in [2.05, 4.69) is 5.32 Å². The molecule has 0 aliphatic heterocycles. The van der Waals surface area contributed by atoms with Gasteiger partial charge in [-0.05, 0) is 12.1 Å². The second-order valence-electron chi connectivity index (χ2n) is 2.56. The van der Waals surface area contributed by atoms with Crippen molar-refractivity contribution in [3.63, 3.8) is 0 Å². The molecule has 2 nitrogen and oxygen atoms in total. The Kier molecular flexibility index (Phi) is 3.54. The van der Waals surface area contributed by atoms with Gasteiger partial charge in [-0.2, -0.15) is 0 Å². The zero-order chi connectivity index (χ0) is 8.81. The van der Waals surface area contributed by atoms with Gasteiger partial charge in [-0.15, -0.1) is 0 Å². The molecule has 1 unspecified atom stereocenters. The summed E-state index contributed by atoms with van der Waals surface area (Å²) < 4.78 is 11.8. The molecule has 1 aromatic carbocycles. The average molecular weight is 169 g/mol. The van der Waals surface area contributed by atoms with Crippen molar-refractivity contribution in [3.05, 3.63) is 30.3 Å². The van der Waals surface area contributed by atoms with Crippen LogP contribution in [-0.4, -0.2) is 24.4 Å². The molecule has 0 aromatic heterocycles. The highest BCUT2D eigenvalue weighted by Gasteiger charge is 2.00. The van der Waals surface area contributed by atoms with Crippen LogP contribution in [0.4, 0.5) is 10.1 Å². The van der Waals surface area contributed by atoms with Crippen LogP contribution in [0.1, 0.15) is 0 Å². The first-order valence-electron chi connectivity index (χ1n) is 3.86. The molecule has 1 atom stereocenters. The van der Waals surface area contributed by atoms with Gasteiger partial charge in [0.1, 0.15) is 6.67 Å². The number of anilines is 1. The molecule has 0 saturated heterocycles. The lowest BCUT2D eigenvalue weighted by molar-refractivity contribution is 0.151. The second-order valence-corrected chi connectivity index (χ2v) is 2.56. The predicted octanol–water partition coefficient (Wildman–Crippen LogP) is 1.43. The van der Waals surface area contributed by atoms with Crippen molar-refractivity contribution in [2.75, 3.05) is 18.5 Å². The molecule has 0 aliphatic carbocycles. The van der Waals surface area contributed by atoms with Gasteiger partial charge >= 0.3 is 0 Å². The van der Waals surface area contributed by atoms with Crippen molar-refractivity contribution < 1.29 is 9.50 Å². The van der Waals surface area contributed by atoms with Crippen LogP contribution in [0.5, 0.6) is 0 Å². The van der Waals surface area contributed by atoms with Crippen molar-refractivity contribution in [3.8, 4) is 0 Å². The third kappa shape index (κ3) is 2.88. The maximum Gasteiger partial charge on any atom is 0.117 e. The third-order valence-corrected chi connectivity index (χ3v) is 1.49. The van der Waals surface area contributed by atoms with Gasteiger partial charge in [-0.3, -0.25) is 0 Å². The van der Waals surface area contributed by atoms with Gasteiger partial charge in [-0.1, -0.05) is 18.2 Å². The Morgan fingerprint density at radius 2 is 2.00 bits per heavy atom. The SMILES string of the molecule is OC(CF)CNc1ccccc1. The van der Waals surface area contributed by atoms with Crippen molar-refractivity contribution in [2.24, 2.45) is 0 Å². The number of aliphatic hydroxyl groups excluding tert-OH is 1. The van der Waals surface area contributed by atoms with E-state index >= 15 is 0 Å². The molecule has 0 saturated carbocycles. The van der Waals surface area contributed by atoms with Crippen LogP contribution in [0.25, 0.3) is 0 Å². The summed E-state index contributed by atoms with van der Waals surface area (Å²) in [4.78, 5) is 0. The van der Waals surface area contributed by atoms with Gasteiger partial charge in [0.05, 0.1) is 6.10 Å². The number of halogens is 1. The molecule has 66 valence electrons. The monoisotopic (exact) mass is 169 g/mol. The Hall–Kier alpha value is -1.09. The first-order chi connectivity index (χ1) is 5.83. The van der Waals surface area contributed by atoms with E-state index in [-0.39, 0.29) is 6.54 Å². The number of hydrogen-bond donors (Lipinski definition) is 2. The van der Waals surface area contributed by atoms with E-state index in [1.165, 1.54) is 0 Å². The van der Waals surface area contributed by atoms with E-state index < -0.39 is 12.8 Å². The minimum absolute atomic E-state index is 0.251. The van der Waals surface area contributed by atoms with Gasteiger partial charge in [0.15, 0.2) is 0 Å². The highest BCUT2D eigenvalue weighted by Crippen LogP contribution is 2.04. The van der Waals surface area contributed by atoms with Crippen LogP contribution in [-0.2, 0) is 0 Å². The Morgan fingerprint density at radius 1 is 1.33 bits per heavy atom. The van der Waals surface area contributed by atoms with E-state index in [0.717, 1.165) is 5.69 Å². The van der Waals surface area contributed by atoms with Crippen LogP contribution in [0.2, 0.25) is 0 Å². The van der Waals surface area contributed by atoms with E-state index in [1.54, 1.807) is 0 Å². The molecule has 2 N–H and O–H groups in total. The fourth-order valence-electron chi connectivity index (χ4n) is 0.846. The molecule has 0 spiro atoms. The molecule has 12 heavy (non-hydrogen) atoms. The van der Waals surface area contributed by atoms with Gasteiger partial charge in [0, 0.05) is 12.2 Å². The molecule has 0 bridgehead atoms. The van der Waals surface area contributed by atoms with Gasteiger partial charge in [0.25, 0.3) is 0 Å². The Labute approximate surface area is 71.0 Å². The van der Waals surface area contributed by atoms with Crippen molar-refractivity contribution in [1.29, 1.82) is 0 Å². The Morgan fingerprint density at radius 3 is 2.58 bits per heavy atom. The number of nitrogens with one attached hydrogen (secondary N) is 1. The van der Waals surface area contributed by atoms with Gasteiger partial charge < -0.3 is 10.4 Å². The summed E-state index contributed by atoms with van der Waals surface area (Å²) in [7, 11) is 0. The lowest BCUT2D eigenvalue weighted by atomic mass is 10.3. The molecule has 0 aliphatic rings. The summed E-state index contributed by atoms with van der Waals surface area (Å²) in [5.41, 5.74) is 0.894. The maximum absolute atomic E-state index is 11.8. The Bertz CT molecular complexity index is 215. The lowest BCUT2D eigenvalue weighted by Gasteiger charge is -2.08. The molecule has 0 amide bonds. The number of benzene rings is 1. The molecule has 3 heteroatoms. The molecular formula is C9H12FNO. The number of rotatable bonds is 4. The molecule has 0 radical (unpaired) electrons. The minimum Gasteiger partial charge on any atom is -0.389 e. The van der Waals surface area contributed by atoms with Crippen molar-refractivity contribution in [2.45, 2.75) is 6.10 Å². The molecule has 1 rings (SSSR count). The fraction of sp³-hybridized carbons (Fsp3) is 0.333.